The molecule has 0 radical (unpaired) electrons. The highest BCUT2D eigenvalue weighted by atomic mass is 16.5. The molecule has 44 heavy (non-hydrogen) atoms. The maximum Gasteiger partial charge on any atom is 0.335 e. The Morgan fingerprint density at radius 3 is 2.48 bits per heavy atom. The number of carboxylic acid groups (broad SMARTS) is 1. The number of rotatable bonds is 8. The number of piperidine rings is 1. The predicted octanol–water partition coefficient (Wildman–Crippen LogP) is 6.13. The summed E-state index contributed by atoms with van der Waals surface area (Å²) in [6.45, 7) is 7.31. The van der Waals surface area contributed by atoms with Gasteiger partial charge in [0.2, 0.25) is 0 Å². The molecule has 1 aromatic heterocycles. The third kappa shape index (κ3) is 6.71. The Morgan fingerprint density at radius 2 is 1.70 bits per heavy atom. The third-order valence-electron chi connectivity index (χ3n) is 10.0. The summed E-state index contributed by atoms with van der Waals surface area (Å²) in [6.07, 6.45) is 9.57. The van der Waals surface area contributed by atoms with Crippen molar-refractivity contribution < 1.29 is 19.4 Å². The molecule has 3 saturated heterocycles. The number of carbonyl (C=O) groups excluding carboxylic acids is 1. The quantitative estimate of drug-likeness (QED) is 0.334. The van der Waals surface area contributed by atoms with E-state index in [1.54, 1.807) is 18.5 Å². The lowest BCUT2D eigenvalue weighted by molar-refractivity contribution is -0.0547. The average molecular weight is 597 g/mol. The Labute approximate surface area is 260 Å². The summed E-state index contributed by atoms with van der Waals surface area (Å²) in [6, 6.07) is 16.5. The van der Waals surface area contributed by atoms with E-state index in [-0.39, 0.29) is 24.0 Å². The number of likely N-dealkylation sites (tertiary alicyclic amines) is 2. The minimum absolute atomic E-state index is 0.00682. The van der Waals surface area contributed by atoms with E-state index >= 15 is 0 Å². The smallest absolute Gasteiger partial charge is 0.335 e. The van der Waals surface area contributed by atoms with E-state index in [1.165, 1.54) is 11.1 Å². The van der Waals surface area contributed by atoms with Crippen LogP contribution in [0.2, 0.25) is 0 Å². The van der Waals surface area contributed by atoms with Crippen LogP contribution in [0.3, 0.4) is 0 Å². The number of ether oxygens (including phenoxy) is 1. The van der Waals surface area contributed by atoms with Crippen LogP contribution in [0.4, 0.5) is 0 Å². The zero-order valence-electron chi connectivity index (χ0n) is 26.0. The summed E-state index contributed by atoms with van der Waals surface area (Å²) < 4.78 is 6.50. The van der Waals surface area contributed by atoms with Crippen molar-refractivity contribution in [2.75, 3.05) is 26.2 Å². The molecule has 0 spiro atoms. The van der Waals surface area contributed by atoms with E-state index in [9.17, 15) is 14.7 Å². The second-order valence-electron chi connectivity index (χ2n) is 12.8. The van der Waals surface area contributed by atoms with E-state index in [2.05, 4.69) is 46.1 Å². The summed E-state index contributed by atoms with van der Waals surface area (Å²) in [5.41, 5.74) is 6.19. The van der Waals surface area contributed by atoms with Gasteiger partial charge in [-0.05, 0) is 94.9 Å². The Bertz CT molecular complexity index is 1470. The lowest BCUT2D eigenvalue weighted by Crippen LogP contribution is -2.46. The molecule has 0 aliphatic carbocycles. The molecule has 6 rings (SSSR count). The average Bonchev–Trinajstić information content (AvgIpc) is 3.55. The number of benzene rings is 2. The van der Waals surface area contributed by atoms with Crippen LogP contribution in [0.25, 0.3) is 0 Å². The maximum absolute atomic E-state index is 13.6. The van der Waals surface area contributed by atoms with Crippen molar-refractivity contribution in [2.45, 2.75) is 89.4 Å². The molecule has 2 aromatic carbocycles. The Kier molecular flexibility index (Phi) is 9.38. The van der Waals surface area contributed by atoms with Gasteiger partial charge in [-0.3, -0.25) is 9.69 Å². The van der Waals surface area contributed by atoms with Gasteiger partial charge in [0, 0.05) is 36.9 Å². The zero-order chi connectivity index (χ0) is 30.6. The van der Waals surface area contributed by atoms with Gasteiger partial charge in [-0.2, -0.15) is 0 Å². The fourth-order valence-corrected chi connectivity index (χ4v) is 7.39. The van der Waals surface area contributed by atoms with Gasteiger partial charge >= 0.3 is 5.97 Å². The molecule has 3 aromatic rings. The second kappa shape index (κ2) is 13.6. The topological polar surface area (TPSA) is 95.9 Å². The molecule has 0 saturated carbocycles. The van der Waals surface area contributed by atoms with Crippen molar-refractivity contribution in [3.05, 3.63) is 94.1 Å². The lowest BCUT2D eigenvalue weighted by Gasteiger charge is -2.37. The van der Waals surface area contributed by atoms with Crippen molar-refractivity contribution in [1.82, 2.24) is 19.8 Å². The van der Waals surface area contributed by atoms with Crippen LogP contribution in [0, 0.1) is 13.8 Å². The molecule has 4 heterocycles. The third-order valence-corrected chi connectivity index (χ3v) is 10.0. The highest BCUT2D eigenvalue weighted by Gasteiger charge is 2.34. The van der Waals surface area contributed by atoms with Gasteiger partial charge in [-0.15, -0.1) is 0 Å². The number of aryl methyl sites for hydroxylation is 2. The normalized spacial score (nSPS) is 23.1. The number of carbonyl (C=O) groups is 2. The molecule has 3 aliphatic rings. The zero-order valence-corrected chi connectivity index (χ0v) is 26.0. The monoisotopic (exact) mass is 596 g/mol. The molecule has 3 atom stereocenters. The maximum atomic E-state index is 13.6. The molecule has 3 aliphatic heterocycles. The van der Waals surface area contributed by atoms with Crippen LogP contribution in [0.15, 0.2) is 54.9 Å². The van der Waals surface area contributed by atoms with Crippen molar-refractivity contribution in [3.8, 4) is 0 Å². The van der Waals surface area contributed by atoms with Gasteiger partial charge in [-0.1, -0.05) is 48.0 Å². The second-order valence-corrected chi connectivity index (χ2v) is 12.8. The summed E-state index contributed by atoms with van der Waals surface area (Å²) in [4.78, 5) is 38.8. The van der Waals surface area contributed by atoms with E-state index in [0.717, 1.165) is 81.3 Å². The summed E-state index contributed by atoms with van der Waals surface area (Å²) in [5.74, 6) is -0.632. The molecule has 8 heteroatoms. The highest BCUT2D eigenvalue weighted by Crippen LogP contribution is 2.34. The van der Waals surface area contributed by atoms with Crippen LogP contribution in [0.5, 0.6) is 0 Å². The first-order valence-corrected chi connectivity index (χ1v) is 16.3. The first kappa shape index (κ1) is 30.4. The van der Waals surface area contributed by atoms with Gasteiger partial charge in [-0.25, -0.2) is 14.8 Å². The molecule has 8 nitrogen and oxygen atoms in total. The first-order chi connectivity index (χ1) is 21.4. The van der Waals surface area contributed by atoms with E-state index in [4.69, 9.17) is 4.74 Å². The van der Waals surface area contributed by atoms with E-state index in [0.29, 0.717) is 30.4 Å². The number of aromatic carboxylic acids is 1. The van der Waals surface area contributed by atoms with E-state index < -0.39 is 5.97 Å². The van der Waals surface area contributed by atoms with Gasteiger partial charge < -0.3 is 14.7 Å². The standard InChI is InChI=1S/C36H44N4O4/c1-24-10-12-26(13-11-24)33-9-5-6-29(44-33)14-15-32-25(2)34(38-23-37-32)35(41)39-20-17-28(18-21-39)40-19-16-27(22-40)30-7-3-4-8-31(30)36(42)43/h3-4,7-8,10-13,23,27-29,33H,5-6,9,14-22H2,1-2H3,(H,42,43)/t27?,29-,33+/m1/s1. The number of hydrogen-bond donors (Lipinski definition) is 1. The molecular formula is C36H44N4O4. The fourth-order valence-electron chi connectivity index (χ4n) is 7.39. The Balaban J connectivity index is 1.02. The lowest BCUT2D eigenvalue weighted by atomic mass is 9.93. The van der Waals surface area contributed by atoms with E-state index in [1.807, 2.05) is 24.0 Å². The molecule has 1 N–H and O–H groups in total. The predicted molar refractivity (Wildman–Crippen MR) is 169 cm³/mol. The fraction of sp³-hybridized carbons (Fsp3) is 0.500. The minimum Gasteiger partial charge on any atom is -0.478 e. The number of aromatic nitrogens is 2. The van der Waals surface area contributed by atoms with Crippen molar-refractivity contribution >= 4 is 11.9 Å². The van der Waals surface area contributed by atoms with Crippen LogP contribution < -0.4 is 0 Å². The largest absolute Gasteiger partial charge is 0.478 e. The summed E-state index contributed by atoms with van der Waals surface area (Å²) in [7, 11) is 0. The van der Waals surface area contributed by atoms with Crippen LogP contribution >= 0.6 is 0 Å². The Morgan fingerprint density at radius 1 is 0.932 bits per heavy atom. The molecular weight excluding hydrogens is 552 g/mol. The van der Waals surface area contributed by atoms with Crippen LogP contribution in [0.1, 0.15) is 106 Å². The van der Waals surface area contributed by atoms with Gasteiger partial charge in [0.1, 0.15) is 12.0 Å². The van der Waals surface area contributed by atoms with Crippen molar-refractivity contribution in [1.29, 1.82) is 0 Å². The van der Waals surface area contributed by atoms with Crippen molar-refractivity contribution in [3.63, 3.8) is 0 Å². The highest BCUT2D eigenvalue weighted by molar-refractivity contribution is 5.94. The first-order valence-electron chi connectivity index (χ1n) is 16.3. The number of amides is 1. The molecule has 1 unspecified atom stereocenters. The number of carboxylic acids is 1. The molecule has 0 bridgehead atoms. The SMILES string of the molecule is Cc1ccc([C@@H]2CCC[C@H](CCc3ncnc(C(=O)N4CCC(N5CCC(c6ccccc6C(=O)O)C5)CC4)c3C)O2)cc1. The van der Waals surface area contributed by atoms with Gasteiger partial charge in [0.15, 0.2) is 0 Å². The number of nitrogens with zero attached hydrogens (tertiary/aromatic N) is 4. The summed E-state index contributed by atoms with van der Waals surface area (Å²) >= 11 is 0. The molecule has 1 amide bonds. The molecule has 232 valence electrons. The van der Waals surface area contributed by atoms with Gasteiger partial charge in [0.05, 0.1) is 17.8 Å². The summed E-state index contributed by atoms with van der Waals surface area (Å²) in [5, 5.41) is 9.63. The minimum atomic E-state index is -0.858. The van der Waals surface area contributed by atoms with Crippen molar-refractivity contribution in [2.24, 2.45) is 0 Å². The number of hydrogen-bond acceptors (Lipinski definition) is 6. The van der Waals surface area contributed by atoms with Gasteiger partial charge in [0.25, 0.3) is 5.91 Å². The van der Waals surface area contributed by atoms with Crippen LogP contribution in [-0.2, 0) is 11.2 Å². The molecule has 3 fully saturated rings. The Hall–Kier alpha value is -3.62. The van der Waals surface area contributed by atoms with Crippen LogP contribution in [-0.4, -0.2) is 75.1 Å².